The van der Waals surface area contributed by atoms with Gasteiger partial charge in [0, 0.05) is 0 Å². The molecule has 0 unspecified atom stereocenters. The first-order valence-electron chi connectivity index (χ1n) is 2.50. The Hall–Kier alpha value is 0.0249. The lowest BCUT2D eigenvalue weighted by Crippen LogP contribution is -2.24. The minimum Gasteiger partial charge on any atom is -0.366 e. The molecular weight excluding hydrogens is 84.9 g/mol. The molecule has 0 saturated heterocycles. The van der Waals surface area contributed by atoms with E-state index in [1.165, 1.54) is 0 Å². The quantitative estimate of drug-likeness (QED) is 0.475. The molecule has 1 nitrogen and oxygen atoms in total. The highest BCUT2D eigenvalue weighted by molar-refractivity contribution is 6.04. The van der Waals surface area contributed by atoms with Crippen LogP contribution in [0.5, 0.6) is 0 Å². The zero-order valence-electron chi connectivity index (χ0n) is 5.28. The van der Waals surface area contributed by atoms with Crippen molar-refractivity contribution < 1.29 is 0 Å². The summed E-state index contributed by atoms with van der Waals surface area (Å²) in [5.74, 6) is 0. The lowest BCUT2D eigenvalue weighted by Gasteiger charge is -2.16. The first-order chi connectivity index (χ1) is 3.06. The summed E-state index contributed by atoms with van der Waals surface area (Å²) in [6.07, 6.45) is 0. The van der Waals surface area contributed by atoms with E-state index in [0.29, 0.717) is 5.41 Å². The summed E-state index contributed by atoms with van der Waals surface area (Å²) < 4.78 is 0. The van der Waals surface area contributed by atoms with Crippen molar-refractivity contribution in [2.24, 2.45) is 5.41 Å². The second-order valence-electron chi connectivity index (χ2n) is 2.94. The maximum absolute atomic E-state index is 5.06. The number of hydrogen-bond donors (Lipinski definition) is 1. The second-order valence-corrected chi connectivity index (χ2v) is 2.94. The fraction of sp³-hybridized carbons (Fsp3) is 1.00. The molecule has 2 heteroatoms. The lowest BCUT2D eigenvalue weighted by atomic mass is 9.96. The Morgan fingerprint density at radius 1 is 1.43 bits per heavy atom. The third kappa shape index (κ3) is 6.02. The van der Waals surface area contributed by atoms with E-state index in [0.717, 1.165) is 6.54 Å². The molecule has 0 rings (SSSR count). The van der Waals surface area contributed by atoms with Crippen molar-refractivity contribution in [1.82, 2.24) is 5.23 Å². The molecule has 0 heterocycles. The van der Waals surface area contributed by atoms with Crippen LogP contribution < -0.4 is 5.23 Å². The van der Waals surface area contributed by atoms with Crippen LogP contribution in [0.25, 0.3) is 0 Å². The van der Waals surface area contributed by atoms with Crippen LogP contribution in [0.4, 0.5) is 0 Å². The van der Waals surface area contributed by atoms with Crippen molar-refractivity contribution in [3.63, 3.8) is 0 Å². The van der Waals surface area contributed by atoms with E-state index < -0.39 is 0 Å². The molecule has 0 atom stereocenters. The van der Waals surface area contributed by atoms with E-state index >= 15 is 0 Å². The highest BCUT2D eigenvalue weighted by Crippen LogP contribution is 2.09. The molecule has 0 aromatic heterocycles. The van der Waals surface area contributed by atoms with Crippen LogP contribution in [0.2, 0.25) is 0 Å². The summed E-state index contributed by atoms with van der Waals surface area (Å²) in [5, 5.41) is 2.61. The van der Waals surface area contributed by atoms with Crippen molar-refractivity contribution in [3.05, 3.63) is 0 Å². The van der Waals surface area contributed by atoms with Gasteiger partial charge in [-0.1, -0.05) is 20.8 Å². The third-order valence-corrected chi connectivity index (χ3v) is 0.632. The molecule has 0 aromatic carbocycles. The van der Waals surface area contributed by atoms with Crippen LogP contribution in [0.3, 0.4) is 0 Å². The fourth-order valence-corrected chi connectivity index (χ4v) is 0.306. The van der Waals surface area contributed by atoms with Gasteiger partial charge in [0.1, 0.15) is 0 Å². The largest absolute Gasteiger partial charge is 0.366 e. The topological polar surface area (TPSA) is 12.0 Å². The highest BCUT2D eigenvalue weighted by atomic mass is 14.7. The van der Waals surface area contributed by atoms with E-state index in [2.05, 4.69) is 26.0 Å². The Morgan fingerprint density at radius 3 is 1.86 bits per heavy atom. The van der Waals surface area contributed by atoms with Gasteiger partial charge >= 0.3 is 0 Å². The van der Waals surface area contributed by atoms with E-state index in [1.807, 2.05) is 0 Å². The van der Waals surface area contributed by atoms with E-state index in [9.17, 15) is 0 Å². The fourth-order valence-electron chi connectivity index (χ4n) is 0.306. The van der Waals surface area contributed by atoms with Crippen LogP contribution in [0.1, 0.15) is 20.8 Å². The Morgan fingerprint density at radius 2 is 1.86 bits per heavy atom. The molecule has 0 spiro atoms. The summed E-state index contributed by atoms with van der Waals surface area (Å²) in [6, 6.07) is 0. The van der Waals surface area contributed by atoms with Gasteiger partial charge in [0.15, 0.2) is 7.98 Å². The van der Waals surface area contributed by atoms with E-state index in [1.54, 1.807) is 0 Å². The summed E-state index contributed by atoms with van der Waals surface area (Å²) in [5.41, 5.74) is 0.314. The summed E-state index contributed by atoms with van der Waals surface area (Å²) in [6.45, 7) is 7.26. The number of nitrogens with one attached hydrogen (secondary N) is 1. The molecule has 0 fully saturated rings. The monoisotopic (exact) mass is 97.1 g/mol. The van der Waals surface area contributed by atoms with Gasteiger partial charge in [-0.25, -0.2) is 0 Å². The van der Waals surface area contributed by atoms with Gasteiger partial charge in [0.2, 0.25) is 0 Å². The van der Waals surface area contributed by atoms with Crippen LogP contribution >= 0.6 is 0 Å². The Kier molecular flexibility index (Phi) is 2.37. The Balaban J connectivity index is 3.15. The molecule has 0 amide bonds. The van der Waals surface area contributed by atoms with Crippen molar-refractivity contribution in [2.45, 2.75) is 20.8 Å². The zero-order chi connectivity index (χ0) is 5.91. The summed E-state index contributed by atoms with van der Waals surface area (Å²) in [7, 11) is 5.06. The van der Waals surface area contributed by atoms with Gasteiger partial charge < -0.3 is 5.23 Å². The molecule has 0 bridgehead atoms. The first kappa shape index (κ1) is 7.02. The molecular formula is C5H12BN. The first-order valence-corrected chi connectivity index (χ1v) is 2.50. The Labute approximate surface area is 46.9 Å². The van der Waals surface area contributed by atoms with Gasteiger partial charge in [-0.15, -0.1) is 0 Å². The molecule has 2 radical (unpaired) electrons. The summed E-state index contributed by atoms with van der Waals surface area (Å²) >= 11 is 0. The van der Waals surface area contributed by atoms with Crippen LogP contribution in [0.15, 0.2) is 0 Å². The smallest absolute Gasteiger partial charge is 0.177 e. The minimum absolute atomic E-state index is 0.314. The SMILES string of the molecule is [B]NCC(C)(C)C. The third-order valence-electron chi connectivity index (χ3n) is 0.632. The van der Waals surface area contributed by atoms with Crippen LogP contribution in [0, 0.1) is 5.41 Å². The number of rotatable bonds is 1. The molecule has 40 valence electrons. The molecule has 1 N–H and O–H groups in total. The lowest BCUT2D eigenvalue weighted by molar-refractivity contribution is 0.413. The maximum Gasteiger partial charge on any atom is 0.177 e. The predicted octanol–water partition coefficient (Wildman–Crippen LogP) is 0.706. The van der Waals surface area contributed by atoms with E-state index in [4.69, 9.17) is 7.98 Å². The van der Waals surface area contributed by atoms with Gasteiger partial charge in [-0.3, -0.25) is 0 Å². The van der Waals surface area contributed by atoms with Crippen molar-refractivity contribution in [1.29, 1.82) is 0 Å². The molecule has 0 saturated carbocycles. The average Bonchev–Trinajstić information content (AvgIpc) is 1.30. The average molecular weight is 97.0 g/mol. The molecule has 0 aromatic rings. The number of hydrogen-bond acceptors (Lipinski definition) is 1. The van der Waals surface area contributed by atoms with Crippen LogP contribution in [-0.2, 0) is 0 Å². The minimum atomic E-state index is 0.314. The zero-order valence-corrected chi connectivity index (χ0v) is 5.28. The van der Waals surface area contributed by atoms with Gasteiger partial charge in [-0.05, 0) is 12.0 Å². The van der Waals surface area contributed by atoms with Crippen molar-refractivity contribution in [3.8, 4) is 0 Å². The van der Waals surface area contributed by atoms with Gasteiger partial charge in [0.25, 0.3) is 0 Å². The Bertz CT molecular complexity index is 46.5. The molecule has 0 aliphatic carbocycles. The normalized spacial score (nSPS) is 11.9. The van der Waals surface area contributed by atoms with Gasteiger partial charge in [-0.2, -0.15) is 0 Å². The predicted molar refractivity (Wildman–Crippen MR) is 33.2 cm³/mol. The maximum atomic E-state index is 5.06. The highest BCUT2D eigenvalue weighted by Gasteiger charge is 2.05. The molecule has 0 aliphatic heterocycles. The van der Waals surface area contributed by atoms with Crippen LogP contribution in [-0.4, -0.2) is 14.5 Å². The van der Waals surface area contributed by atoms with Crippen molar-refractivity contribution in [2.75, 3.05) is 6.54 Å². The second kappa shape index (κ2) is 2.36. The van der Waals surface area contributed by atoms with Gasteiger partial charge in [0.05, 0.1) is 0 Å². The summed E-state index contributed by atoms with van der Waals surface area (Å²) in [4.78, 5) is 0. The molecule has 7 heavy (non-hydrogen) atoms. The molecule has 0 aliphatic rings. The van der Waals surface area contributed by atoms with Crippen molar-refractivity contribution >= 4 is 7.98 Å². The standard InChI is InChI=1S/C5H12BN/c1-5(2,3)4-7-6/h7H,4H2,1-3H3. The van der Waals surface area contributed by atoms with E-state index in [-0.39, 0.29) is 0 Å².